The molecular weight excluding hydrogens is 392 g/mol. The van der Waals surface area contributed by atoms with E-state index in [4.69, 9.17) is 0 Å². The maximum Gasteiger partial charge on any atom is 0.232 e. The highest BCUT2D eigenvalue weighted by Gasteiger charge is 2.32. The minimum atomic E-state index is -0.941. The van der Waals surface area contributed by atoms with E-state index < -0.39 is 17.0 Å². The van der Waals surface area contributed by atoms with E-state index in [0.717, 1.165) is 18.6 Å². The van der Waals surface area contributed by atoms with Crippen LogP contribution in [0.25, 0.3) is 11.0 Å². The predicted octanol–water partition coefficient (Wildman–Crippen LogP) is 3.53. The molecule has 0 spiro atoms. The van der Waals surface area contributed by atoms with Gasteiger partial charge in [-0.05, 0) is 51.0 Å². The molecule has 1 atom stereocenters. The smallest absolute Gasteiger partial charge is 0.232 e. The molecule has 4 rings (SSSR count). The fourth-order valence-corrected chi connectivity index (χ4v) is 3.66. The number of hydrogen-bond acceptors (Lipinski definition) is 5. The van der Waals surface area contributed by atoms with Gasteiger partial charge in [-0.15, -0.1) is 0 Å². The van der Waals surface area contributed by atoms with E-state index in [-0.39, 0.29) is 18.6 Å². The monoisotopic (exact) mass is 415 g/mol. The molecule has 3 heterocycles. The average Bonchev–Trinajstić information content (AvgIpc) is 3.36. The Morgan fingerprint density at radius 2 is 2.17 bits per heavy atom. The van der Waals surface area contributed by atoms with Crippen molar-refractivity contribution in [2.75, 3.05) is 23.4 Å². The molecule has 9 heteroatoms. The van der Waals surface area contributed by atoms with Gasteiger partial charge in [0, 0.05) is 12.1 Å². The van der Waals surface area contributed by atoms with Gasteiger partial charge in [0.05, 0.1) is 35.3 Å². The first-order chi connectivity index (χ1) is 14.3. The van der Waals surface area contributed by atoms with Crippen molar-refractivity contribution in [2.45, 2.75) is 32.7 Å². The summed E-state index contributed by atoms with van der Waals surface area (Å²) in [7, 11) is 0. The average molecular weight is 415 g/mol. The lowest BCUT2D eigenvalue weighted by Crippen LogP contribution is -2.33. The summed E-state index contributed by atoms with van der Waals surface area (Å²) in [5, 5.41) is 20.0. The van der Waals surface area contributed by atoms with Crippen LogP contribution in [-0.4, -0.2) is 39.3 Å². The molecule has 30 heavy (non-hydrogen) atoms. The van der Waals surface area contributed by atoms with Crippen LogP contribution in [0.5, 0.6) is 0 Å². The summed E-state index contributed by atoms with van der Waals surface area (Å²) >= 11 is 0. The molecule has 0 unspecified atom stereocenters. The largest absolute Gasteiger partial charge is 0.395 e. The summed E-state index contributed by atoms with van der Waals surface area (Å²) in [4.78, 5) is 18.6. The highest BCUT2D eigenvalue weighted by Crippen LogP contribution is 2.39. The van der Waals surface area contributed by atoms with E-state index in [9.17, 15) is 18.7 Å². The van der Waals surface area contributed by atoms with Crippen LogP contribution in [0.3, 0.4) is 0 Å². The number of carbonyl (C=O) groups is 1. The lowest BCUT2D eigenvalue weighted by Gasteiger charge is -2.25. The zero-order chi connectivity index (χ0) is 21.5. The van der Waals surface area contributed by atoms with Gasteiger partial charge >= 0.3 is 0 Å². The van der Waals surface area contributed by atoms with Gasteiger partial charge in [0.1, 0.15) is 11.6 Å². The molecule has 7 nitrogen and oxygen atoms in total. The number of fused-ring (bicyclic) bond motifs is 1. The predicted molar refractivity (Wildman–Crippen MR) is 109 cm³/mol. The van der Waals surface area contributed by atoms with Gasteiger partial charge in [-0.2, -0.15) is 5.10 Å². The number of pyridine rings is 1. The SMILES string of the molecule is CC(C)(CO)C(=O)Nc1cnc2[nH]nc(N3CCC[C@@H]3c3cc(F)ccc3F)c2c1. The third-order valence-electron chi connectivity index (χ3n) is 5.51. The molecule has 3 N–H and O–H groups in total. The Kier molecular flexibility index (Phi) is 5.15. The van der Waals surface area contributed by atoms with Crippen molar-refractivity contribution in [1.82, 2.24) is 15.2 Å². The van der Waals surface area contributed by atoms with E-state index in [0.29, 0.717) is 41.1 Å². The Labute approximate surface area is 172 Å². The number of anilines is 2. The molecule has 0 saturated carbocycles. The number of halogens is 2. The standard InChI is InChI=1S/C21H23F2N5O2/c1-21(2,11-29)20(30)25-13-9-15-18(24-10-13)26-27-19(15)28-7-3-4-17(28)14-8-12(22)5-6-16(14)23/h5-6,8-10,17,29H,3-4,7,11H2,1-2H3,(H,25,30)(H,24,26,27)/t17-/m1/s1. The van der Waals surface area contributed by atoms with Crippen molar-refractivity contribution in [3.63, 3.8) is 0 Å². The van der Waals surface area contributed by atoms with Gasteiger partial charge in [-0.25, -0.2) is 13.8 Å². The van der Waals surface area contributed by atoms with E-state index >= 15 is 0 Å². The number of amides is 1. The maximum absolute atomic E-state index is 14.4. The zero-order valence-electron chi connectivity index (χ0n) is 16.7. The summed E-state index contributed by atoms with van der Waals surface area (Å²) in [5.74, 6) is -0.702. The van der Waals surface area contributed by atoms with Crippen molar-refractivity contribution in [1.29, 1.82) is 0 Å². The summed E-state index contributed by atoms with van der Waals surface area (Å²) in [6.45, 7) is 3.62. The molecule has 1 fully saturated rings. The number of carbonyl (C=O) groups excluding carboxylic acids is 1. The number of aromatic amines is 1. The van der Waals surface area contributed by atoms with E-state index in [2.05, 4.69) is 20.5 Å². The molecule has 1 aliphatic heterocycles. The Morgan fingerprint density at radius 3 is 2.93 bits per heavy atom. The number of nitrogens with zero attached hydrogens (tertiary/aromatic N) is 3. The van der Waals surface area contributed by atoms with Crippen molar-refractivity contribution in [2.24, 2.45) is 5.41 Å². The minimum absolute atomic E-state index is 0.292. The molecular formula is C21H23F2N5O2. The normalized spacial score (nSPS) is 17.0. The van der Waals surface area contributed by atoms with Crippen LogP contribution in [0, 0.1) is 17.0 Å². The third-order valence-corrected chi connectivity index (χ3v) is 5.51. The van der Waals surface area contributed by atoms with Crippen molar-refractivity contribution < 1.29 is 18.7 Å². The second-order valence-electron chi connectivity index (χ2n) is 8.18. The number of aromatic nitrogens is 3. The second-order valence-corrected chi connectivity index (χ2v) is 8.18. The zero-order valence-corrected chi connectivity index (χ0v) is 16.7. The molecule has 1 saturated heterocycles. The van der Waals surface area contributed by atoms with E-state index in [1.54, 1.807) is 19.9 Å². The number of aliphatic hydroxyl groups excluding tert-OH is 1. The quantitative estimate of drug-likeness (QED) is 0.593. The molecule has 3 aromatic rings. The molecule has 1 aliphatic rings. The molecule has 2 aromatic heterocycles. The minimum Gasteiger partial charge on any atom is -0.395 e. The van der Waals surface area contributed by atoms with Gasteiger partial charge in [-0.1, -0.05) is 0 Å². The molecule has 1 amide bonds. The van der Waals surface area contributed by atoms with Crippen LogP contribution in [0.2, 0.25) is 0 Å². The van der Waals surface area contributed by atoms with Crippen molar-refractivity contribution in [3.8, 4) is 0 Å². The first-order valence-corrected chi connectivity index (χ1v) is 9.78. The highest BCUT2D eigenvalue weighted by atomic mass is 19.1. The van der Waals surface area contributed by atoms with Crippen molar-refractivity contribution in [3.05, 3.63) is 47.7 Å². The number of H-pyrrole nitrogens is 1. The number of hydrogen-bond donors (Lipinski definition) is 3. The summed E-state index contributed by atoms with van der Waals surface area (Å²) in [5.41, 5.74) is 0.341. The summed E-state index contributed by atoms with van der Waals surface area (Å²) < 4.78 is 28.1. The fraction of sp³-hybridized carbons (Fsp3) is 0.381. The Morgan fingerprint density at radius 1 is 1.37 bits per heavy atom. The summed E-state index contributed by atoms with van der Waals surface area (Å²) in [6.07, 6.45) is 2.98. The highest BCUT2D eigenvalue weighted by molar-refractivity contribution is 5.98. The topological polar surface area (TPSA) is 94.1 Å². The van der Waals surface area contributed by atoms with Crippen LogP contribution < -0.4 is 10.2 Å². The Balaban J connectivity index is 1.68. The van der Waals surface area contributed by atoms with Gasteiger partial charge in [-0.3, -0.25) is 9.89 Å². The van der Waals surface area contributed by atoms with Crippen LogP contribution in [-0.2, 0) is 4.79 Å². The van der Waals surface area contributed by atoms with Crippen LogP contribution in [0.1, 0.15) is 38.3 Å². The van der Waals surface area contributed by atoms with Gasteiger partial charge in [0.25, 0.3) is 0 Å². The van der Waals surface area contributed by atoms with E-state index in [1.807, 2.05) is 4.90 Å². The van der Waals surface area contributed by atoms with Crippen LogP contribution in [0.4, 0.5) is 20.3 Å². The number of rotatable bonds is 5. The molecule has 0 bridgehead atoms. The van der Waals surface area contributed by atoms with Crippen LogP contribution in [0.15, 0.2) is 30.5 Å². The number of aliphatic hydroxyl groups is 1. The Bertz CT molecular complexity index is 1100. The van der Waals surface area contributed by atoms with Gasteiger partial charge in [0.2, 0.25) is 5.91 Å². The lowest BCUT2D eigenvalue weighted by atomic mass is 9.94. The maximum atomic E-state index is 14.4. The lowest BCUT2D eigenvalue weighted by molar-refractivity contribution is -0.125. The first-order valence-electron chi connectivity index (χ1n) is 9.78. The van der Waals surface area contributed by atoms with Crippen molar-refractivity contribution >= 4 is 28.4 Å². The Hall–Kier alpha value is -3.07. The second kappa shape index (κ2) is 7.64. The first kappa shape index (κ1) is 20.2. The van der Waals surface area contributed by atoms with E-state index in [1.165, 1.54) is 12.3 Å². The van der Waals surface area contributed by atoms with Gasteiger partial charge in [0.15, 0.2) is 11.5 Å². The molecule has 158 valence electrons. The summed E-state index contributed by atoms with van der Waals surface area (Å²) in [6, 6.07) is 4.87. The molecule has 0 aliphatic carbocycles. The van der Waals surface area contributed by atoms with Crippen LogP contribution >= 0.6 is 0 Å². The third kappa shape index (κ3) is 3.60. The molecule has 1 aromatic carbocycles. The number of benzene rings is 1. The number of nitrogens with one attached hydrogen (secondary N) is 2. The molecule has 0 radical (unpaired) electrons. The van der Waals surface area contributed by atoms with Gasteiger partial charge < -0.3 is 15.3 Å². The fourth-order valence-electron chi connectivity index (χ4n) is 3.66.